The molecule has 0 bridgehead atoms. The fourth-order valence-electron chi connectivity index (χ4n) is 2.24. The molecule has 1 fully saturated rings. The number of nitrogens with one attached hydrogen (secondary N) is 1. The number of rotatable bonds is 3. The maximum Gasteiger partial charge on any atom is 0.240 e. The molecule has 1 aliphatic rings. The van der Waals surface area contributed by atoms with Crippen molar-refractivity contribution in [1.29, 1.82) is 5.26 Å². The van der Waals surface area contributed by atoms with Crippen molar-refractivity contribution in [3.05, 3.63) is 21.3 Å². The fraction of sp³-hybridized carbons (Fsp3) is 0.500. The lowest BCUT2D eigenvalue weighted by atomic mass is 9.63. The van der Waals surface area contributed by atoms with Gasteiger partial charge in [0.1, 0.15) is 5.41 Å². The molecule has 0 saturated heterocycles. The quantitative estimate of drug-likeness (QED) is 0.916. The molecule has 0 radical (unpaired) electrons. The molecule has 2 rings (SSSR count). The maximum atomic E-state index is 11.9. The first-order valence-corrected chi connectivity index (χ1v) is 6.69. The van der Waals surface area contributed by atoms with Crippen LogP contribution in [0.25, 0.3) is 0 Å². The topological polar surface area (TPSA) is 52.9 Å². The number of thiophene rings is 1. The van der Waals surface area contributed by atoms with Crippen LogP contribution in [0.5, 0.6) is 0 Å². The average Bonchev–Trinajstić information content (AvgIpc) is 2.67. The van der Waals surface area contributed by atoms with E-state index in [1.54, 1.807) is 6.07 Å². The summed E-state index contributed by atoms with van der Waals surface area (Å²) < 4.78 is 0.710. The molecule has 5 heteroatoms. The van der Waals surface area contributed by atoms with Gasteiger partial charge in [0.15, 0.2) is 0 Å². The molecule has 0 spiro atoms. The third-order valence-electron chi connectivity index (χ3n) is 3.09. The second-order valence-corrected chi connectivity index (χ2v) is 6.40. The monoisotopic (exact) mass is 268 g/mol. The summed E-state index contributed by atoms with van der Waals surface area (Å²) in [5, 5.41) is 11.9. The zero-order valence-electron chi connectivity index (χ0n) is 9.50. The summed E-state index contributed by atoms with van der Waals surface area (Å²) in [6.07, 6.45) is 1.33. The Bertz CT molecular complexity index is 471. The highest BCUT2D eigenvalue weighted by atomic mass is 35.5. The number of nitriles is 1. The molecule has 0 unspecified atom stereocenters. The SMILES string of the molecule is CC1CC(C#N)(C(=O)NCc2ccc(Cl)s2)C1. The van der Waals surface area contributed by atoms with Crippen molar-refractivity contribution in [2.75, 3.05) is 0 Å². The lowest BCUT2D eigenvalue weighted by Crippen LogP contribution is -2.47. The van der Waals surface area contributed by atoms with Crippen molar-refractivity contribution in [2.24, 2.45) is 11.3 Å². The van der Waals surface area contributed by atoms with Crippen LogP contribution < -0.4 is 5.32 Å². The Hall–Kier alpha value is -1.05. The molecule has 0 aliphatic heterocycles. The van der Waals surface area contributed by atoms with Gasteiger partial charge in [0.2, 0.25) is 5.91 Å². The molecule has 1 aliphatic carbocycles. The molecule has 90 valence electrons. The molecule has 1 N–H and O–H groups in total. The molecule has 1 aromatic rings. The Morgan fingerprint density at radius 2 is 2.41 bits per heavy atom. The third-order valence-corrected chi connectivity index (χ3v) is 4.33. The Balaban J connectivity index is 1.92. The highest BCUT2D eigenvalue weighted by Gasteiger charge is 2.48. The molecular weight excluding hydrogens is 256 g/mol. The van der Waals surface area contributed by atoms with Gasteiger partial charge < -0.3 is 5.32 Å². The predicted molar refractivity (Wildman–Crippen MR) is 67.6 cm³/mol. The van der Waals surface area contributed by atoms with Gasteiger partial charge >= 0.3 is 0 Å². The zero-order chi connectivity index (χ0) is 12.5. The van der Waals surface area contributed by atoms with Crippen LogP contribution in [-0.4, -0.2) is 5.91 Å². The van der Waals surface area contributed by atoms with E-state index in [-0.39, 0.29) is 5.91 Å². The molecule has 3 nitrogen and oxygen atoms in total. The van der Waals surface area contributed by atoms with E-state index >= 15 is 0 Å². The Labute approximate surface area is 109 Å². The van der Waals surface area contributed by atoms with Gasteiger partial charge in [0.25, 0.3) is 0 Å². The number of amides is 1. The van der Waals surface area contributed by atoms with E-state index in [1.165, 1.54) is 11.3 Å². The van der Waals surface area contributed by atoms with Crippen LogP contribution in [0.15, 0.2) is 12.1 Å². The van der Waals surface area contributed by atoms with Crippen molar-refractivity contribution in [3.63, 3.8) is 0 Å². The minimum atomic E-state index is -0.791. The smallest absolute Gasteiger partial charge is 0.240 e. The lowest BCUT2D eigenvalue weighted by Gasteiger charge is -2.39. The van der Waals surface area contributed by atoms with Crippen LogP contribution in [0.3, 0.4) is 0 Å². The minimum absolute atomic E-state index is 0.150. The zero-order valence-corrected chi connectivity index (χ0v) is 11.1. The van der Waals surface area contributed by atoms with E-state index in [9.17, 15) is 4.79 Å². The van der Waals surface area contributed by atoms with Crippen molar-refractivity contribution in [1.82, 2.24) is 5.32 Å². The standard InChI is InChI=1S/C12H13ClN2OS/c1-8-4-12(5-8,7-14)11(16)15-6-9-2-3-10(13)17-9/h2-3,8H,4-6H2,1H3,(H,15,16). The molecular formula is C12H13ClN2OS. The molecule has 1 saturated carbocycles. The number of hydrogen-bond donors (Lipinski definition) is 1. The number of halogens is 1. The third kappa shape index (κ3) is 2.46. The molecule has 1 heterocycles. The van der Waals surface area contributed by atoms with Gasteiger partial charge in [0, 0.05) is 4.88 Å². The lowest BCUT2D eigenvalue weighted by molar-refractivity contribution is -0.134. The predicted octanol–water partition coefficient (Wildman–Crippen LogP) is 2.96. The van der Waals surface area contributed by atoms with E-state index in [1.807, 2.05) is 6.07 Å². The second kappa shape index (κ2) is 4.67. The maximum absolute atomic E-state index is 11.9. The Kier molecular flexibility index (Phi) is 3.41. The van der Waals surface area contributed by atoms with Crippen molar-refractivity contribution < 1.29 is 4.79 Å². The summed E-state index contributed by atoms with van der Waals surface area (Å²) >= 11 is 7.25. The van der Waals surface area contributed by atoms with Crippen LogP contribution >= 0.6 is 22.9 Å². The van der Waals surface area contributed by atoms with Crippen LogP contribution in [-0.2, 0) is 11.3 Å². The van der Waals surface area contributed by atoms with E-state index in [4.69, 9.17) is 16.9 Å². The fourth-order valence-corrected chi connectivity index (χ4v) is 3.27. The van der Waals surface area contributed by atoms with Crippen LogP contribution in [0.4, 0.5) is 0 Å². The van der Waals surface area contributed by atoms with Crippen molar-refractivity contribution in [3.8, 4) is 6.07 Å². The van der Waals surface area contributed by atoms with Gasteiger partial charge in [-0.05, 0) is 30.9 Å². The normalized spacial score (nSPS) is 27.0. The van der Waals surface area contributed by atoms with Gasteiger partial charge in [-0.1, -0.05) is 18.5 Å². The Morgan fingerprint density at radius 1 is 1.71 bits per heavy atom. The summed E-state index contributed by atoms with van der Waals surface area (Å²) in [5.41, 5.74) is -0.791. The summed E-state index contributed by atoms with van der Waals surface area (Å²) in [6.45, 7) is 2.51. The molecule has 1 amide bonds. The first-order chi connectivity index (χ1) is 8.05. The van der Waals surface area contributed by atoms with Gasteiger partial charge in [-0.15, -0.1) is 11.3 Å². The first kappa shape index (κ1) is 12.4. The molecule has 17 heavy (non-hydrogen) atoms. The highest BCUT2D eigenvalue weighted by molar-refractivity contribution is 7.16. The van der Waals surface area contributed by atoms with Crippen molar-refractivity contribution >= 4 is 28.8 Å². The second-order valence-electron chi connectivity index (χ2n) is 4.60. The van der Waals surface area contributed by atoms with E-state index in [0.717, 1.165) is 4.88 Å². The number of carbonyl (C=O) groups excluding carboxylic acids is 1. The number of hydrogen-bond acceptors (Lipinski definition) is 3. The van der Waals surface area contributed by atoms with Crippen LogP contribution in [0, 0.1) is 22.7 Å². The Morgan fingerprint density at radius 3 is 2.88 bits per heavy atom. The van der Waals surface area contributed by atoms with E-state index < -0.39 is 5.41 Å². The van der Waals surface area contributed by atoms with Crippen LogP contribution in [0.1, 0.15) is 24.6 Å². The molecule has 0 aromatic carbocycles. The number of nitrogens with zero attached hydrogens (tertiary/aromatic N) is 1. The summed E-state index contributed by atoms with van der Waals surface area (Å²) in [7, 11) is 0. The van der Waals surface area contributed by atoms with E-state index in [0.29, 0.717) is 29.6 Å². The minimum Gasteiger partial charge on any atom is -0.350 e. The van der Waals surface area contributed by atoms with Gasteiger partial charge in [0.05, 0.1) is 17.0 Å². The van der Waals surface area contributed by atoms with Crippen molar-refractivity contribution in [2.45, 2.75) is 26.3 Å². The van der Waals surface area contributed by atoms with Crippen LogP contribution in [0.2, 0.25) is 4.34 Å². The van der Waals surface area contributed by atoms with Gasteiger partial charge in [-0.2, -0.15) is 5.26 Å². The molecule has 0 atom stereocenters. The summed E-state index contributed by atoms with van der Waals surface area (Å²) in [5.74, 6) is 0.319. The van der Waals surface area contributed by atoms with Gasteiger partial charge in [-0.3, -0.25) is 4.79 Å². The number of carbonyl (C=O) groups is 1. The highest BCUT2D eigenvalue weighted by Crippen LogP contribution is 2.45. The molecule has 1 aromatic heterocycles. The van der Waals surface area contributed by atoms with Gasteiger partial charge in [-0.25, -0.2) is 0 Å². The summed E-state index contributed by atoms with van der Waals surface area (Å²) in [4.78, 5) is 12.9. The van der Waals surface area contributed by atoms with E-state index in [2.05, 4.69) is 18.3 Å². The first-order valence-electron chi connectivity index (χ1n) is 5.49. The summed E-state index contributed by atoms with van der Waals surface area (Å²) in [6, 6.07) is 5.84. The average molecular weight is 269 g/mol. The largest absolute Gasteiger partial charge is 0.350 e.